The Balaban J connectivity index is 1.99. The summed E-state index contributed by atoms with van der Waals surface area (Å²) in [6.45, 7) is 0.359. The molecule has 3 N–H and O–H groups in total. The molecule has 19 heavy (non-hydrogen) atoms. The summed E-state index contributed by atoms with van der Waals surface area (Å²) in [5, 5.41) is 2.94. The molecule has 1 aliphatic heterocycles. The van der Waals surface area contributed by atoms with Gasteiger partial charge in [-0.3, -0.25) is 4.79 Å². The molecule has 1 heterocycles. The second-order valence-corrected chi connectivity index (χ2v) is 8.20. The van der Waals surface area contributed by atoms with Crippen molar-refractivity contribution in [3.63, 3.8) is 0 Å². The smallest absolute Gasteiger partial charge is 0.227 e. The van der Waals surface area contributed by atoms with Crippen molar-refractivity contribution in [2.45, 2.75) is 51.0 Å². The zero-order chi connectivity index (χ0) is 13.9. The van der Waals surface area contributed by atoms with Crippen LogP contribution in [0.2, 0.25) is 0 Å². The molecular formula is C13H24N2O3S. The Morgan fingerprint density at radius 2 is 1.89 bits per heavy atom. The molecule has 6 heteroatoms. The molecule has 0 aromatic heterocycles. The van der Waals surface area contributed by atoms with Crippen molar-refractivity contribution < 1.29 is 13.2 Å². The summed E-state index contributed by atoms with van der Waals surface area (Å²) in [5.74, 6) is 0.303. The molecule has 1 atom stereocenters. The average molecular weight is 288 g/mol. The van der Waals surface area contributed by atoms with Gasteiger partial charge in [-0.1, -0.05) is 19.3 Å². The second kappa shape index (κ2) is 5.79. The quantitative estimate of drug-likeness (QED) is 0.795. The van der Waals surface area contributed by atoms with E-state index in [1.807, 2.05) is 0 Å². The summed E-state index contributed by atoms with van der Waals surface area (Å²) in [6.07, 6.45) is 6.28. The van der Waals surface area contributed by atoms with Gasteiger partial charge >= 0.3 is 0 Å². The zero-order valence-corrected chi connectivity index (χ0v) is 12.2. The molecule has 1 aliphatic carbocycles. The number of rotatable bonds is 3. The van der Waals surface area contributed by atoms with Gasteiger partial charge in [-0.05, 0) is 25.7 Å². The second-order valence-electron chi connectivity index (χ2n) is 5.97. The van der Waals surface area contributed by atoms with Crippen LogP contribution in [0.3, 0.4) is 0 Å². The SMILES string of the molecule is NCC1(C(=O)NC2CCCS(=O)(=O)C2)CCCCC1. The van der Waals surface area contributed by atoms with Gasteiger partial charge in [-0.2, -0.15) is 0 Å². The molecule has 1 saturated carbocycles. The van der Waals surface area contributed by atoms with Crippen molar-refractivity contribution in [2.75, 3.05) is 18.1 Å². The minimum absolute atomic E-state index is 0.0307. The van der Waals surface area contributed by atoms with Gasteiger partial charge in [0.15, 0.2) is 9.84 Å². The number of nitrogens with two attached hydrogens (primary N) is 1. The van der Waals surface area contributed by atoms with Gasteiger partial charge in [-0.25, -0.2) is 8.42 Å². The first kappa shape index (κ1) is 14.8. The summed E-state index contributed by atoms with van der Waals surface area (Å²) in [4.78, 5) is 12.4. The van der Waals surface area contributed by atoms with Crippen molar-refractivity contribution in [1.82, 2.24) is 5.32 Å². The Kier molecular flexibility index (Phi) is 4.50. The molecule has 2 fully saturated rings. The molecule has 2 rings (SSSR count). The van der Waals surface area contributed by atoms with Crippen molar-refractivity contribution in [2.24, 2.45) is 11.1 Å². The molecule has 0 bridgehead atoms. The molecular weight excluding hydrogens is 264 g/mol. The zero-order valence-electron chi connectivity index (χ0n) is 11.4. The lowest BCUT2D eigenvalue weighted by Crippen LogP contribution is -2.52. The van der Waals surface area contributed by atoms with Crippen molar-refractivity contribution in [3.8, 4) is 0 Å². The normalized spacial score (nSPS) is 29.6. The molecule has 110 valence electrons. The van der Waals surface area contributed by atoms with E-state index in [0.29, 0.717) is 13.0 Å². The van der Waals surface area contributed by atoms with Gasteiger partial charge in [0.05, 0.1) is 16.9 Å². The summed E-state index contributed by atoms with van der Waals surface area (Å²) in [5.41, 5.74) is 5.36. The number of sulfone groups is 1. The van der Waals surface area contributed by atoms with Crippen LogP contribution in [0.25, 0.3) is 0 Å². The number of amides is 1. The molecule has 5 nitrogen and oxygen atoms in total. The van der Waals surface area contributed by atoms with Crippen LogP contribution in [-0.2, 0) is 14.6 Å². The van der Waals surface area contributed by atoms with Gasteiger partial charge in [0.1, 0.15) is 0 Å². The fraction of sp³-hybridized carbons (Fsp3) is 0.923. The van der Waals surface area contributed by atoms with Crippen LogP contribution in [0.15, 0.2) is 0 Å². The summed E-state index contributed by atoms with van der Waals surface area (Å²) in [6, 6.07) is -0.225. The van der Waals surface area contributed by atoms with Gasteiger partial charge in [0.25, 0.3) is 0 Å². The molecule has 0 radical (unpaired) electrons. The van der Waals surface area contributed by atoms with Gasteiger partial charge in [0, 0.05) is 12.6 Å². The van der Waals surface area contributed by atoms with E-state index in [-0.39, 0.29) is 23.5 Å². The number of hydrogen-bond acceptors (Lipinski definition) is 4. The van der Waals surface area contributed by atoms with Crippen molar-refractivity contribution >= 4 is 15.7 Å². The maximum absolute atomic E-state index is 12.4. The molecule has 1 saturated heterocycles. The van der Waals surface area contributed by atoms with Crippen LogP contribution in [0.4, 0.5) is 0 Å². The molecule has 0 spiro atoms. The first-order chi connectivity index (χ1) is 8.97. The minimum atomic E-state index is -2.98. The number of hydrogen-bond donors (Lipinski definition) is 2. The van der Waals surface area contributed by atoms with E-state index < -0.39 is 15.3 Å². The van der Waals surface area contributed by atoms with Crippen LogP contribution in [0.5, 0.6) is 0 Å². The fourth-order valence-electron chi connectivity index (χ4n) is 3.23. The lowest BCUT2D eigenvalue weighted by Gasteiger charge is -2.36. The lowest BCUT2D eigenvalue weighted by atomic mass is 9.73. The van der Waals surface area contributed by atoms with Crippen molar-refractivity contribution in [3.05, 3.63) is 0 Å². The largest absolute Gasteiger partial charge is 0.352 e. The van der Waals surface area contributed by atoms with Gasteiger partial charge < -0.3 is 11.1 Å². The highest BCUT2D eigenvalue weighted by Gasteiger charge is 2.39. The molecule has 2 aliphatic rings. The lowest BCUT2D eigenvalue weighted by molar-refractivity contribution is -0.133. The van der Waals surface area contributed by atoms with Gasteiger partial charge in [0.2, 0.25) is 5.91 Å². The predicted octanol–water partition coefficient (Wildman–Crippen LogP) is 0.589. The van der Waals surface area contributed by atoms with Crippen LogP contribution in [0, 0.1) is 5.41 Å². The van der Waals surface area contributed by atoms with Crippen LogP contribution < -0.4 is 11.1 Å². The Bertz CT molecular complexity index is 427. The highest BCUT2D eigenvalue weighted by Crippen LogP contribution is 2.35. The third-order valence-electron chi connectivity index (χ3n) is 4.48. The van der Waals surface area contributed by atoms with E-state index in [2.05, 4.69) is 5.32 Å². The topological polar surface area (TPSA) is 89.3 Å². The Hall–Kier alpha value is -0.620. The highest BCUT2D eigenvalue weighted by molar-refractivity contribution is 7.91. The standard InChI is InChI=1S/C13H24N2O3S/c14-10-13(6-2-1-3-7-13)12(16)15-11-5-4-8-19(17,18)9-11/h11H,1-10,14H2,(H,15,16). The van der Waals surface area contributed by atoms with E-state index in [1.54, 1.807) is 0 Å². The third-order valence-corrected chi connectivity index (χ3v) is 6.30. The predicted molar refractivity (Wildman–Crippen MR) is 74.4 cm³/mol. The van der Waals surface area contributed by atoms with Crippen LogP contribution >= 0.6 is 0 Å². The Morgan fingerprint density at radius 1 is 1.21 bits per heavy atom. The van der Waals surface area contributed by atoms with E-state index in [4.69, 9.17) is 5.73 Å². The first-order valence-corrected chi connectivity index (χ1v) is 9.01. The summed E-state index contributed by atoms with van der Waals surface area (Å²) in [7, 11) is -2.98. The fourth-order valence-corrected chi connectivity index (χ4v) is 4.86. The number of carbonyl (C=O) groups is 1. The Morgan fingerprint density at radius 3 is 2.47 bits per heavy atom. The van der Waals surface area contributed by atoms with E-state index in [0.717, 1.165) is 38.5 Å². The van der Waals surface area contributed by atoms with Gasteiger partial charge in [-0.15, -0.1) is 0 Å². The van der Waals surface area contributed by atoms with E-state index in [9.17, 15) is 13.2 Å². The maximum atomic E-state index is 12.4. The van der Waals surface area contributed by atoms with Crippen LogP contribution in [-0.4, -0.2) is 38.4 Å². The van der Waals surface area contributed by atoms with Crippen molar-refractivity contribution in [1.29, 1.82) is 0 Å². The van der Waals surface area contributed by atoms with E-state index in [1.165, 1.54) is 0 Å². The third kappa shape index (κ3) is 3.48. The van der Waals surface area contributed by atoms with E-state index >= 15 is 0 Å². The highest BCUT2D eigenvalue weighted by atomic mass is 32.2. The monoisotopic (exact) mass is 288 g/mol. The first-order valence-electron chi connectivity index (χ1n) is 7.19. The number of nitrogens with one attached hydrogen (secondary N) is 1. The van der Waals surface area contributed by atoms with Crippen LogP contribution in [0.1, 0.15) is 44.9 Å². The number of carbonyl (C=O) groups excluding carboxylic acids is 1. The maximum Gasteiger partial charge on any atom is 0.227 e. The average Bonchev–Trinajstić information content (AvgIpc) is 2.38. The molecule has 0 aromatic rings. The summed E-state index contributed by atoms with van der Waals surface area (Å²) < 4.78 is 23.2. The molecule has 0 aromatic carbocycles. The minimum Gasteiger partial charge on any atom is -0.352 e. The molecule has 1 unspecified atom stereocenters. The molecule has 1 amide bonds. The Labute approximate surface area is 115 Å². The summed E-state index contributed by atoms with van der Waals surface area (Å²) >= 11 is 0.